The molecule has 2 N–H and O–H groups in total. The van der Waals surface area contributed by atoms with Crippen LogP contribution >= 0.6 is 11.6 Å². The Kier molecular flexibility index (Phi) is 4.49. The second-order valence-electron chi connectivity index (χ2n) is 4.86. The number of methoxy groups -OCH3 is 1. The van der Waals surface area contributed by atoms with Crippen LogP contribution in [0.25, 0.3) is 0 Å². The van der Waals surface area contributed by atoms with Gasteiger partial charge >= 0.3 is 5.97 Å². The number of carboxylic acids is 1. The lowest BCUT2D eigenvalue weighted by atomic mass is 10.1. The van der Waals surface area contributed by atoms with Gasteiger partial charge in [-0.3, -0.25) is 9.59 Å². The average Bonchev–Trinajstić information content (AvgIpc) is 2.87. The van der Waals surface area contributed by atoms with Crippen LogP contribution in [0.3, 0.4) is 0 Å². The Hall–Kier alpha value is -1.75. The van der Waals surface area contributed by atoms with Crippen molar-refractivity contribution in [1.29, 1.82) is 0 Å². The van der Waals surface area contributed by atoms with Crippen molar-refractivity contribution >= 4 is 23.5 Å². The molecule has 1 fully saturated rings. The predicted octanol–water partition coefficient (Wildman–Crippen LogP) is 2.33. The van der Waals surface area contributed by atoms with Gasteiger partial charge in [-0.15, -0.1) is 0 Å². The van der Waals surface area contributed by atoms with Gasteiger partial charge in [0, 0.05) is 11.1 Å². The number of aliphatic carboxylic acids is 1. The van der Waals surface area contributed by atoms with E-state index in [2.05, 4.69) is 5.32 Å². The monoisotopic (exact) mass is 297 g/mol. The summed E-state index contributed by atoms with van der Waals surface area (Å²) in [6.07, 6.45) is 1.72. The van der Waals surface area contributed by atoms with Crippen LogP contribution in [-0.4, -0.2) is 30.1 Å². The zero-order valence-corrected chi connectivity index (χ0v) is 11.8. The third-order valence-corrected chi connectivity index (χ3v) is 3.76. The van der Waals surface area contributed by atoms with Gasteiger partial charge in [-0.25, -0.2) is 0 Å². The quantitative estimate of drug-likeness (QED) is 0.894. The Morgan fingerprint density at radius 1 is 1.40 bits per heavy atom. The highest BCUT2D eigenvalue weighted by Gasteiger charge is 2.31. The minimum atomic E-state index is -0.804. The van der Waals surface area contributed by atoms with E-state index in [0.717, 1.165) is 0 Å². The summed E-state index contributed by atoms with van der Waals surface area (Å²) < 4.78 is 5.13. The lowest BCUT2D eigenvalue weighted by Gasteiger charge is -2.14. The number of amides is 1. The van der Waals surface area contributed by atoms with E-state index in [9.17, 15) is 9.59 Å². The van der Waals surface area contributed by atoms with Crippen LogP contribution in [0.2, 0.25) is 5.02 Å². The number of nitrogens with one attached hydrogen (secondary N) is 1. The summed E-state index contributed by atoms with van der Waals surface area (Å²) in [5.74, 6) is -1.02. The van der Waals surface area contributed by atoms with E-state index in [0.29, 0.717) is 35.6 Å². The molecular formula is C14H16ClNO4. The number of carboxylic acid groups (broad SMARTS) is 1. The molecule has 2 atom stereocenters. The smallest absolute Gasteiger partial charge is 0.306 e. The summed E-state index contributed by atoms with van der Waals surface area (Å²) in [6, 6.07) is 4.70. The SMILES string of the molecule is COc1ccc(Cl)cc1C(=O)NC1CCC(C(=O)O)C1. The maximum atomic E-state index is 12.2. The minimum Gasteiger partial charge on any atom is -0.496 e. The van der Waals surface area contributed by atoms with Gasteiger partial charge in [-0.2, -0.15) is 0 Å². The molecule has 1 aliphatic carbocycles. The lowest BCUT2D eigenvalue weighted by molar-refractivity contribution is -0.141. The highest BCUT2D eigenvalue weighted by Crippen LogP contribution is 2.27. The van der Waals surface area contributed by atoms with Crippen molar-refractivity contribution in [2.75, 3.05) is 7.11 Å². The van der Waals surface area contributed by atoms with E-state index >= 15 is 0 Å². The fraction of sp³-hybridized carbons (Fsp3) is 0.429. The third-order valence-electron chi connectivity index (χ3n) is 3.52. The topological polar surface area (TPSA) is 75.6 Å². The molecule has 1 saturated carbocycles. The van der Waals surface area contributed by atoms with Gasteiger partial charge in [0.1, 0.15) is 5.75 Å². The summed E-state index contributed by atoms with van der Waals surface area (Å²) in [4.78, 5) is 23.1. The van der Waals surface area contributed by atoms with Crippen LogP contribution in [0.1, 0.15) is 29.6 Å². The van der Waals surface area contributed by atoms with Gasteiger partial charge in [0.25, 0.3) is 5.91 Å². The number of benzene rings is 1. The molecule has 0 heterocycles. The van der Waals surface area contributed by atoms with Crippen molar-refractivity contribution in [1.82, 2.24) is 5.32 Å². The van der Waals surface area contributed by atoms with Gasteiger partial charge < -0.3 is 15.2 Å². The first-order valence-electron chi connectivity index (χ1n) is 6.38. The first-order valence-corrected chi connectivity index (χ1v) is 6.76. The molecule has 1 aliphatic rings. The van der Waals surface area contributed by atoms with Crippen LogP contribution in [0.5, 0.6) is 5.75 Å². The zero-order valence-electron chi connectivity index (χ0n) is 11.1. The fourth-order valence-electron chi connectivity index (χ4n) is 2.46. The van der Waals surface area contributed by atoms with Crippen molar-refractivity contribution < 1.29 is 19.4 Å². The Bertz CT molecular complexity index is 532. The normalized spacial score (nSPS) is 21.5. The Morgan fingerprint density at radius 2 is 2.15 bits per heavy atom. The fourth-order valence-corrected chi connectivity index (χ4v) is 2.63. The van der Waals surface area contributed by atoms with Crippen LogP contribution in [0.4, 0.5) is 0 Å². The summed E-state index contributed by atoms with van der Waals surface area (Å²) in [7, 11) is 1.48. The zero-order chi connectivity index (χ0) is 14.7. The van der Waals surface area contributed by atoms with Gasteiger partial charge in [0.15, 0.2) is 0 Å². The second-order valence-corrected chi connectivity index (χ2v) is 5.30. The number of carbonyl (C=O) groups excluding carboxylic acids is 1. The van der Waals surface area contributed by atoms with E-state index in [1.807, 2.05) is 0 Å². The lowest BCUT2D eigenvalue weighted by Crippen LogP contribution is -2.33. The summed E-state index contributed by atoms with van der Waals surface area (Å²) in [6.45, 7) is 0. The van der Waals surface area contributed by atoms with Crippen molar-refractivity contribution in [3.05, 3.63) is 28.8 Å². The molecule has 2 rings (SSSR count). The first kappa shape index (κ1) is 14.7. The summed E-state index contributed by atoms with van der Waals surface area (Å²) >= 11 is 5.89. The molecular weight excluding hydrogens is 282 g/mol. The second kappa shape index (κ2) is 6.13. The van der Waals surface area contributed by atoms with Gasteiger partial charge in [0.05, 0.1) is 18.6 Å². The minimum absolute atomic E-state index is 0.118. The van der Waals surface area contributed by atoms with Crippen LogP contribution in [-0.2, 0) is 4.79 Å². The number of ether oxygens (including phenoxy) is 1. The number of carbonyl (C=O) groups is 2. The first-order chi connectivity index (χ1) is 9.51. The highest BCUT2D eigenvalue weighted by molar-refractivity contribution is 6.31. The van der Waals surface area contributed by atoms with Gasteiger partial charge in [0.2, 0.25) is 0 Å². The van der Waals surface area contributed by atoms with Gasteiger partial charge in [-0.05, 0) is 37.5 Å². The molecule has 0 spiro atoms. The van der Waals surface area contributed by atoms with Gasteiger partial charge in [-0.1, -0.05) is 11.6 Å². The van der Waals surface area contributed by atoms with Crippen molar-refractivity contribution in [2.45, 2.75) is 25.3 Å². The molecule has 5 nitrogen and oxygen atoms in total. The Labute approximate surface area is 121 Å². The molecule has 0 radical (unpaired) electrons. The van der Waals surface area contributed by atoms with E-state index < -0.39 is 5.97 Å². The predicted molar refractivity (Wildman–Crippen MR) is 74.2 cm³/mol. The molecule has 1 aromatic carbocycles. The van der Waals surface area contributed by atoms with Crippen molar-refractivity contribution in [3.63, 3.8) is 0 Å². The number of hydrogen-bond donors (Lipinski definition) is 2. The highest BCUT2D eigenvalue weighted by atomic mass is 35.5. The molecule has 6 heteroatoms. The maximum absolute atomic E-state index is 12.2. The van der Waals surface area contributed by atoms with E-state index in [1.54, 1.807) is 18.2 Å². The third kappa shape index (κ3) is 3.22. The van der Waals surface area contributed by atoms with E-state index in [4.69, 9.17) is 21.4 Å². The molecule has 0 bridgehead atoms. The molecule has 108 valence electrons. The van der Waals surface area contributed by atoms with Crippen LogP contribution in [0, 0.1) is 5.92 Å². The van der Waals surface area contributed by atoms with Crippen molar-refractivity contribution in [2.24, 2.45) is 5.92 Å². The number of hydrogen-bond acceptors (Lipinski definition) is 3. The standard InChI is InChI=1S/C14H16ClNO4/c1-20-12-5-3-9(15)7-11(12)13(17)16-10-4-2-8(6-10)14(18)19/h3,5,7-8,10H,2,4,6H2,1H3,(H,16,17)(H,18,19). The van der Waals surface area contributed by atoms with Crippen LogP contribution in [0.15, 0.2) is 18.2 Å². The molecule has 1 aromatic rings. The number of halogens is 1. The molecule has 0 aromatic heterocycles. The molecule has 2 unspecified atom stereocenters. The largest absolute Gasteiger partial charge is 0.496 e. The van der Waals surface area contributed by atoms with E-state index in [-0.39, 0.29) is 17.9 Å². The number of rotatable bonds is 4. The van der Waals surface area contributed by atoms with E-state index in [1.165, 1.54) is 7.11 Å². The van der Waals surface area contributed by atoms with Crippen molar-refractivity contribution in [3.8, 4) is 5.75 Å². The Balaban J connectivity index is 2.06. The molecule has 0 saturated heterocycles. The maximum Gasteiger partial charge on any atom is 0.306 e. The van der Waals surface area contributed by atoms with Crippen LogP contribution < -0.4 is 10.1 Å². The molecule has 0 aliphatic heterocycles. The Morgan fingerprint density at radius 3 is 2.75 bits per heavy atom. The average molecular weight is 298 g/mol. The molecule has 20 heavy (non-hydrogen) atoms. The summed E-state index contributed by atoms with van der Waals surface area (Å²) in [5.41, 5.74) is 0.360. The summed E-state index contributed by atoms with van der Waals surface area (Å²) in [5, 5.41) is 12.2. The molecule has 1 amide bonds.